The summed E-state index contributed by atoms with van der Waals surface area (Å²) >= 11 is 0. The second-order valence-corrected chi connectivity index (χ2v) is 5.41. The minimum Gasteiger partial charge on any atom is -0.386 e. The highest BCUT2D eigenvalue weighted by Crippen LogP contribution is 2.24. The van der Waals surface area contributed by atoms with Crippen LogP contribution in [-0.2, 0) is 9.53 Å². The fourth-order valence-electron chi connectivity index (χ4n) is 2.64. The lowest BCUT2D eigenvalue weighted by atomic mass is 9.97. The van der Waals surface area contributed by atoms with Gasteiger partial charge in [-0.3, -0.25) is 4.79 Å². The van der Waals surface area contributed by atoms with Crippen molar-refractivity contribution < 1.29 is 14.6 Å². The van der Waals surface area contributed by atoms with Gasteiger partial charge in [-0.2, -0.15) is 0 Å². The van der Waals surface area contributed by atoms with E-state index in [1.54, 1.807) is 0 Å². The number of likely N-dealkylation sites (tertiary alicyclic amines) is 1. The third kappa shape index (κ3) is 3.22. The maximum atomic E-state index is 11.9. The number of amides is 1. The summed E-state index contributed by atoms with van der Waals surface area (Å²) in [7, 11) is 0. The molecule has 2 aliphatic heterocycles. The molecule has 0 aromatic heterocycles. The number of nitrogens with zero attached hydrogens (tertiary/aromatic N) is 1. The van der Waals surface area contributed by atoms with E-state index in [0.29, 0.717) is 26.1 Å². The Balaban J connectivity index is 1.69. The number of piperidine rings is 1. The Bertz CT molecular complexity index is 292. The largest absolute Gasteiger partial charge is 0.386 e. The fraction of sp³-hybridized carbons (Fsp3) is 0.923. The van der Waals surface area contributed by atoms with Crippen molar-refractivity contribution in [3.63, 3.8) is 0 Å². The topological polar surface area (TPSA) is 61.8 Å². The molecular weight excluding hydrogens is 232 g/mol. The molecule has 2 N–H and O–H groups in total. The van der Waals surface area contributed by atoms with E-state index in [-0.39, 0.29) is 12.0 Å². The van der Waals surface area contributed by atoms with E-state index >= 15 is 0 Å². The summed E-state index contributed by atoms with van der Waals surface area (Å²) in [6.07, 6.45) is 3.93. The lowest BCUT2D eigenvalue weighted by molar-refractivity contribution is -0.131. The smallest absolute Gasteiger partial charge is 0.236 e. The molecule has 5 nitrogen and oxygen atoms in total. The number of carbonyl (C=O) groups is 1. The predicted molar refractivity (Wildman–Crippen MR) is 68.3 cm³/mol. The molecule has 0 saturated carbocycles. The Morgan fingerprint density at radius 2 is 2.17 bits per heavy atom. The number of rotatable bonds is 4. The molecule has 104 valence electrons. The first kappa shape index (κ1) is 13.8. The maximum Gasteiger partial charge on any atom is 0.236 e. The molecule has 18 heavy (non-hydrogen) atoms. The van der Waals surface area contributed by atoms with E-state index in [4.69, 9.17) is 4.74 Å². The van der Waals surface area contributed by atoms with Gasteiger partial charge in [0, 0.05) is 32.7 Å². The highest BCUT2D eigenvalue weighted by Gasteiger charge is 2.39. The van der Waals surface area contributed by atoms with E-state index in [1.165, 1.54) is 6.42 Å². The van der Waals surface area contributed by atoms with Crippen molar-refractivity contribution in [1.29, 1.82) is 0 Å². The Kier molecular flexibility index (Phi) is 4.59. The van der Waals surface area contributed by atoms with Crippen LogP contribution in [-0.4, -0.2) is 60.4 Å². The molecule has 5 heteroatoms. The molecule has 1 amide bonds. The third-order valence-corrected chi connectivity index (χ3v) is 4.08. The van der Waals surface area contributed by atoms with Crippen LogP contribution in [0.1, 0.15) is 32.6 Å². The van der Waals surface area contributed by atoms with Gasteiger partial charge >= 0.3 is 0 Å². The Labute approximate surface area is 108 Å². The number of hydrogen-bond donors (Lipinski definition) is 2. The van der Waals surface area contributed by atoms with Gasteiger partial charge in [0.15, 0.2) is 0 Å². The highest BCUT2D eigenvalue weighted by molar-refractivity contribution is 5.78. The number of hydrogen-bond acceptors (Lipinski definition) is 4. The van der Waals surface area contributed by atoms with Crippen LogP contribution in [0.2, 0.25) is 0 Å². The van der Waals surface area contributed by atoms with Crippen molar-refractivity contribution in [3.05, 3.63) is 0 Å². The molecule has 2 heterocycles. The van der Waals surface area contributed by atoms with Crippen molar-refractivity contribution in [2.24, 2.45) is 0 Å². The fourth-order valence-corrected chi connectivity index (χ4v) is 2.64. The van der Waals surface area contributed by atoms with E-state index in [0.717, 1.165) is 25.9 Å². The molecule has 2 fully saturated rings. The van der Waals surface area contributed by atoms with Crippen LogP contribution in [0.5, 0.6) is 0 Å². The van der Waals surface area contributed by atoms with Crippen molar-refractivity contribution in [2.75, 3.05) is 32.8 Å². The van der Waals surface area contributed by atoms with E-state index in [1.807, 2.05) is 11.8 Å². The van der Waals surface area contributed by atoms with E-state index in [2.05, 4.69) is 5.32 Å². The normalized spacial score (nSPS) is 32.8. The molecule has 2 saturated heterocycles. The van der Waals surface area contributed by atoms with E-state index < -0.39 is 5.60 Å². The first-order chi connectivity index (χ1) is 8.62. The molecule has 0 radical (unpaired) electrons. The molecule has 0 aliphatic carbocycles. The number of carbonyl (C=O) groups excluding carboxylic acids is 1. The van der Waals surface area contributed by atoms with E-state index in [9.17, 15) is 9.90 Å². The first-order valence-electron chi connectivity index (χ1n) is 6.94. The van der Waals surface area contributed by atoms with Crippen molar-refractivity contribution >= 4 is 5.91 Å². The van der Waals surface area contributed by atoms with Crippen LogP contribution in [0, 0.1) is 0 Å². The summed E-state index contributed by atoms with van der Waals surface area (Å²) in [5.41, 5.74) is -0.817. The highest BCUT2D eigenvalue weighted by atomic mass is 16.5. The average molecular weight is 256 g/mol. The number of aliphatic hydroxyl groups is 1. The molecule has 0 aromatic rings. The van der Waals surface area contributed by atoms with Gasteiger partial charge in [0.25, 0.3) is 0 Å². The SMILES string of the molecule is CC1OCCC1(O)CNCC(=O)N1CCCCC1. The Morgan fingerprint density at radius 3 is 2.78 bits per heavy atom. The lowest BCUT2D eigenvalue weighted by Gasteiger charge is -2.29. The predicted octanol–water partition coefficient (Wildman–Crippen LogP) is 0.128. The molecule has 2 atom stereocenters. The summed E-state index contributed by atoms with van der Waals surface area (Å²) in [4.78, 5) is 13.8. The van der Waals surface area contributed by atoms with Crippen LogP contribution < -0.4 is 5.32 Å². The van der Waals surface area contributed by atoms with Crippen LogP contribution in [0.3, 0.4) is 0 Å². The molecular formula is C13H24N2O3. The van der Waals surface area contributed by atoms with Crippen LogP contribution in [0.4, 0.5) is 0 Å². The van der Waals surface area contributed by atoms with Crippen LogP contribution in [0.25, 0.3) is 0 Å². The van der Waals surface area contributed by atoms with Gasteiger partial charge in [-0.1, -0.05) is 0 Å². The third-order valence-electron chi connectivity index (χ3n) is 4.08. The van der Waals surface area contributed by atoms with Gasteiger partial charge in [-0.05, 0) is 26.2 Å². The zero-order chi connectivity index (χ0) is 13.0. The summed E-state index contributed by atoms with van der Waals surface area (Å²) in [5.74, 6) is 0.143. The summed E-state index contributed by atoms with van der Waals surface area (Å²) in [5, 5.41) is 13.3. The quantitative estimate of drug-likeness (QED) is 0.750. The zero-order valence-electron chi connectivity index (χ0n) is 11.2. The summed E-state index contributed by atoms with van der Waals surface area (Å²) in [6.45, 7) is 4.97. The van der Waals surface area contributed by atoms with Gasteiger partial charge < -0.3 is 20.1 Å². The molecule has 0 aromatic carbocycles. The minimum atomic E-state index is -0.817. The van der Waals surface area contributed by atoms with Crippen LogP contribution in [0.15, 0.2) is 0 Å². The monoisotopic (exact) mass is 256 g/mol. The molecule has 0 bridgehead atoms. The second-order valence-electron chi connectivity index (χ2n) is 5.41. The molecule has 2 aliphatic rings. The second kappa shape index (κ2) is 5.99. The lowest BCUT2D eigenvalue weighted by Crippen LogP contribution is -2.49. The van der Waals surface area contributed by atoms with Crippen molar-refractivity contribution in [2.45, 2.75) is 44.3 Å². The van der Waals surface area contributed by atoms with Crippen LogP contribution >= 0.6 is 0 Å². The van der Waals surface area contributed by atoms with Gasteiger partial charge in [-0.15, -0.1) is 0 Å². The molecule has 2 unspecified atom stereocenters. The molecule has 0 spiro atoms. The maximum absolute atomic E-state index is 11.9. The van der Waals surface area contributed by atoms with Gasteiger partial charge in [0.05, 0.1) is 12.6 Å². The summed E-state index contributed by atoms with van der Waals surface area (Å²) in [6, 6.07) is 0. The average Bonchev–Trinajstić information content (AvgIpc) is 2.71. The van der Waals surface area contributed by atoms with Gasteiger partial charge in [-0.25, -0.2) is 0 Å². The Hall–Kier alpha value is -0.650. The first-order valence-corrected chi connectivity index (χ1v) is 6.94. The van der Waals surface area contributed by atoms with Gasteiger partial charge in [0.1, 0.15) is 5.60 Å². The zero-order valence-corrected chi connectivity index (χ0v) is 11.2. The van der Waals surface area contributed by atoms with Gasteiger partial charge in [0.2, 0.25) is 5.91 Å². The summed E-state index contributed by atoms with van der Waals surface area (Å²) < 4.78 is 5.36. The van der Waals surface area contributed by atoms with Crippen molar-refractivity contribution in [1.82, 2.24) is 10.2 Å². The Morgan fingerprint density at radius 1 is 1.44 bits per heavy atom. The standard InChI is InChI=1S/C13H24N2O3/c1-11-13(17,5-8-18-11)10-14-9-12(16)15-6-3-2-4-7-15/h11,14,17H,2-10H2,1H3. The number of nitrogens with one attached hydrogen (secondary N) is 1. The van der Waals surface area contributed by atoms with Crippen molar-refractivity contribution in [3.8, 4) is 0 Å². The molecule has 2 rings (SSSR count). The minimum absolute atomic E-state index is 0.143. The number of ether oxygens (including phenoxy) is 1.